The molecular formula is C17H24Cl2F2N2. The van der Waals surface area contributed by atoms with Crippen molar-refractivity contribution in [2.75, 3.05) is 26.2 Å². The highest BCUT2D eigenvalue weighted by atomic mass is 35.5. The number of hydrogen-bond donors (Lipinski definition) is 1. The molecule has 1 heterocycles. The molecule has 0 aromatic heterocycles. The molecule has 0 amide bonds. The summed E-state index contributed by atoms with van der Waals surface area (Å²) >= 11 is 5.79. The molecule has 3 rings (SSSR count). The zero-order valence-electron chi connectivity index (χ0n) is 13.2. The SMILES string of the molecule is Cl.Fc1cc(Cl)cc(F)c1[C@H](C1CCCCC1)N1CCNCC1. The van der Waals surface area contributed by atoms with Crippen LogP contribution in [0, 0.1) is 17.6 Å². The highest BCUT2D eigenvalue weighted by molar-refractivity contribution is 6.30. The Morgan fingerprint density at radius 3 is 2.17 bits per heavy atom. The smallest absolute Gasteiger partial charge is 0.132 e. The van der Waals surface area contributed by atoms with Gasteiger partial charge in [0.1, 0.15) is 11.6 Å². The van der Waals surface area contributed by atoms with Gasteiger partial charge in [-0.3, -0.25) is 4.90 Å². The molecular weight excluding hydrogens is 341 g/mol. The van der Waals surface area contributed by atoms with E-state index in [4.69, 9.17) is 11.6 Å². The fourth-order valence-electron chi connectivity index (χ4n) is 3.96. The summed E-state index contributed by atoms with van der Waals surface area (Å²) in [7, 11) is 0. The van der Waals surface area contributed by atoms with Gasteiger partial charge in [0.25, 0.3) is 0 Å². The topological polar surface area (TPSA) is 15.3 Å². The molecule has 1 saturated heterocycles. The lowest BCUT2D eigenvalue weighted by Crippen LogP contribution is -2.47. The normalized spacial score (nSPS) is 21.7. The summed E-state index contributed by atoms with van der Waals surface area (Å²) in [5, 5.41) is 3.44. The molecule has 1 aromatic rings. The first-order chi connectivity index (χ1) is 10.7. The van der Waals surface area contributed by atoms with Crippen LogP contribution in [-0.2, 0) is 0 Å². The molecule has 1 atom stereocenters. The predicted octanol–water partition coefficient (Wildman–Crippen LogP) is 4.57. The first kappa shape index (κ1) is 18.9. The number of halogens is 4. The molecule has 23 heavy (non-hydrogen) atoms. The Morgan fingerprint density at radius 2 is 1.61 bits per heavy atom. The van der Waals surface area contributed by atoms with E-state index in [-0.39, 0.29) is 29.0 Å². The van der Waals surface area contributed by atoms with Crippen LogP contribution in [0.25, 0.3) is 0 Å². The van der Waals surface area contributed by atoms with Gasteiger partial charge in [0.05, 0.1) is 0 Å². The minimum atomic E-state index is -0.501. The Labute approximate surface area is 148 Å². The van der Waals surface area contributed by atoms with Crippen LogP contribution in [0.2, 0.25) is 5.02 Å². The van der Waals surface area contributed by atoms with Gasteiger partial charge in [-0.15, -0.1) is 12.4 Å². The van der Waals surface area contributed by atoms with Crippen molar-refractivity contribution in [1.82, 2.24) is 10.2 Å². The molecule has 1 aliphatic heterocycles. The van der Waals surface area contributed by atoms with Crippen molar-refractivity contribution in [1.29, 1.82) is 0 Å². The highest BCUT2D eigenvalue weighted by Gasteiger charge is 2.34. The number of nitrogens with zero attached hydrogens (tertiary/aromatic N) is 1. The van der Waals surface area contributed by atoms with Gasteiger partial charge < -0.3 is 5.32 Å². The van der Waals surface area contributed by atoms with Gasteiger partial charge in [0.2, 0.25) is 0 Å². The molecule has 6 heteroatoms. The average Bonchev–Trinajstić information content (AvgIpc) is 2.52. The monoisotopic (exact) mass is 364 g/mol. The number of benzene rings is 1. The van der Waals surface area contributed by atoms with E-state index in [0.29, 0.717) is 5.92 Å². The Kier molecular flexibility index (Phi) is 7.08. The lowest BCUT2D eigenvalue weighted by atomic mass is 9.80. The quantitative estimate of drug-likeness (QED) is 0.844. The third kappa shape index (κ3) is 4.36. The summed E-state index contributed by atoms with van der Waals surface area (Å²) in [4.78, 5) is 2.25. The summed E-state index contributed by atoms with van der Waals surface area (Å²) in [5.41, 5.74) is 0.221. The van der Waals surface area contributed by atoms with Gasteiger partial charge in [0.15, 0.2) is 0 Å². The van der Waals surface area contributed by atoms with Crippen molar-refractivity contribution < 1.29 is 8.78 Å². The van der Waals surface area contributed by atoms with E-state index in [9.17, 15) is 8.78 Å². The molecule has 0 radical (unpaired) electrons. The number of piperazine rings is 1. The summed E-state index contributed by atoms with van der Waals surface area (Å²) in [6, 6.07) is 2.33. The van der Waals surface area contributed by atoms with Crippen molar-refractivity contribution in [3.05, 3.63) is 34.4 Å². The summed E-state index contributed by atoms with van der Waals surface area (Å²) in [6.07, 6.45) is 5.65. The van der Waals surface area contributed by atoms with E-state index in [0.717, 1.165) is 51.9 Å². The Hall–Kier alpha value is -0.420. The van der Waals surface area contributed by atoms with Gasteiger partial charge in [-0.2, -0.15) is 0 Å². The second-order valence-electron chi connectivity index (χ2n) is 6.41. The highest BCUT2D eigenvalue weighted by Crippen LogP contribution is 2.41. The van der Waals surface area contributed by atoms with Crippen molar-refractivity contribution in [2.45, 2.75) is 38.1 Å². The average molecular weight is 365 g/mol. The zero-order chi connectivity index (χ0) is 15.5. The van der Waals surface area contributed by atoms with Crippen LogP contribution in [-0.4, -0.2) is 31.1 Å². The minimum Gasteiger partial charge on any atom is -0.314 e. The van der Waals surface area contributed by atoms with Gasteiger partial charge in [-0.1, -0.05) is 30.9 Å². The molecule has 2 fully saturated rings. The largest absolute Gasteiger partial charge is 0.314 e. The molecule has 1 aromatic carbocycles. The molecule has 1 N–H and O–H groups in total. The third-order valence-corrected chi connectivity index (χ3v) is 5.20. The summed E-state index contributed by atoms with van der Waals surface area (Å²) in [6.45, 7) is 3.42. The molecule has 0 spiro atoms. The maximum absolute atomic E-state index is 14.5. The molecule has 1 aliphatic carbocycles. The van der Waals surface area contributed by atoms with Crippen molar-refractivity contribution in [3.8, 4) is 0 Å². The fourth-order valence-corrected chi connectivity index (χ4v) is 4.15. The maximum Gasteiger partial charge on any atom is 0.132 e. The molecule has 0 unspecified atom stereocenters. The molecule has 1 saturated carbocycles. The first-order valence-corrected chi connectivity index (χ1v) is 8.64. The van der Waals surface area contributed by atoms with Gasteiger partial charge in [-0.25, -0.2) is 8.78 Å². The Balaban J connectivity index is 0.00000192. The number of nitrogens with one attached hydrogen (secondary N) is 1. The number of rotatable bonds is 3. The van der Waals surface area contributed by atoms with Crippen LogP contribution >= 0.6 is 24.0 Å². The van der Waals surface area contributed by atoms with Gasteiger partial charge >= 0.3 is 0 Å². The maximum atomic E-state index is 14.5. The van der Waals surface area contributed by atoms with E-state index in [1.54, 1.807) is 0 Å². The second-order valence-corrected chi connectivity index (χ2v) is 6.85. The van der Waals surface area contributed by atoms with Gasteiger partial charge in [-0.05, 0) is 30.9 Å². The number of hydrogen-bond acceptors (Lipinski definition) is 2. The van der Waals surface area contributed by atoms with E-state index >= 15 is 0 Å². The van der Waals surface area contributed by atoms with Crippen LogP contribution < -0.4 is 5.32 Å². The van der Waals surface area contributed by atoms with Crippen LogP contribution in [0.15, 0.2) is 12.1 Å². The lowest BCUT2D eigenvalue weighted by Gasteiger charge is -2.41. The summed E-state index contributed by atoms with van der Waals surface area (Å²) < 4.78 is 29.0. The lowest BCUT2D eigenvalue weighted by molar-refractivity contribution is 0.0976. The Morgan fingerprint density at radius 1 is 1.04 bits per heavy atom. The zero-order valence-corrected chi connectivity index (χ0v) is 14.7. The van der Waals surface area contributed by atoms with E-state index in [1.807, 2.05) is 0 Å². The van der Waals surface area contributed by atoms with E-state index in [2.05, 4.69) is 10.2 Å². The molecule has 130 valence electrons. The van der Waals surface area contributed by atoms with Crippen molar-refractivity contribution >= 4 is 24.0 Å². The molecule has 2 nitrogen and oxygen atoms in total. The first-order valence-electron chi connectivity index (χ1n) is 8.26. The van der Waals surface area contributed by atoms with Gasteiger partial charge in [0, 0.05) is 42.8 Å². The standard InChI is InChI=1S/C17H23ClF2N2.ClH/c18-13-10-14(19)16(15(20)11-13)17(12-4-2-1-3-5-12)22-8-6-21-7-9-22;/h10-12,17,21H,1-9H2;1H/t17-;/m0./s1. The third-order valence-electron chi connectivity index (χ3n) is 4.98. The second kappa shape index (κ2) is 8.61. The van der Waals surface area contributed by atoms with Crippen molar-refractivity contribution in [3.63, 3.8) is 0 Å². The molecule has 2 aliphatic rings. The fraction of sp³-hybridized carbons (Fsp3) is 0.647. The van der Waals surface area contributed by atoms with Crippen LogP contribution in [0.4, 0.5) is 8.78 Å². The minimum absolute atomic E-state index is 0. The van der Waals surface area contributed by atoms with E-state index < -0.39 is 11.6 Å². The van der Waals surface area contributed by atoms with Crippen LogP contribution in [0.1, 0.15) is 43.7 Å². The van der Waals surface area contributed by atoms with Crippen LogP contribution in [0.3, 0.4) is 0 Å². The Bertz CT molecular complexity index is 474. The predicted molar refractivity (Wildman–Crippen MR) is 92.4 cm³/mol. The summed E-state index contributed by atoms with van der Waals surface area (Å²) in [5.74, 6) is -0.671. The molecule has 0 bridgehead atoms. The van der Waals surface area contributed by atoms with Crippen molar-refractivity contribution in [2.24, 2.45) is 5.92 Å². The van der Waals surface area contributed by atoms with E-state index in [1.165, 1.54) is 18.6 Å². The van der Waals surface area contributed by atoms with Crippen LogP contribution in [0.5, 0.6) is 0 Å².